The van der Waals surface area contributed by atoms with Crippen LogP contribution in [0.25, 0.3) is 0 Å². The van der Waals surface area contributed by atoms with E-state index in [9.17, 15) is 0 Å². The number of hydrogen-bond acceptors (Lipinski definition) is 2. The smallest absolute Gasteiger partial charge is 0.0847 e. The van der Waals surface area contributed by atoms with Crippen molar-refractivity contribution in [3.63, 3.8) is 0 Å². The summed E-state index contributed by atoms with van der Waals surface area (Å²) in [5.74, 6) is 0.695. The van der Waals surface area contributed by atoms with Crippen LogP contribution in [0, 0.1) is 5.92 Å². The first-order valence-electron chi connectivity index (χ1n) is 6.99. The fraction of sp³-hybridized carbons (Fsp3) is 0.625. The molecule has 100 valence electrons. The zero-order valence-electron chi connectivity index (χ0n) is 11.8. The lowest BCUT2D eigenvalue weighted by molar-refractivity contribution is -0.00173. The number of benzene rings is 1. The van der Waals surface area contributed by atoms with Gasteiger partial charge in [0.05, 0.1) is 11.6 Å². The summed E-state index contributed by atoms with van der Waals surface area (Å²) >= 11 is 0. The van der Waals surface area contributed by atoms with Crippen molar-refractivity contribution < 1.29 is 4.74 Å². The van der Waals surface area contributed by atoms with Crippen LogP contribution >= 0.6 is 0 Å². The number of hydrogen-bond donors (Lipinski definition) is 1. The highest BCUT2D eigenvalue weighted by molar-refractivity contribution is 5.27. The van der Waals surface area contributed by atoms with Crippen LogP contribution in [-0.4, -0.2) is 12.2 Å². The molecular weight excluding hydrogens is 222 g/mol. The highest BCUT2D eigenvalue weighted by Crippen LogP contribution is 2.35. The van der Waals surface area contributed by atoms with Gasteiger partial charge in [0, 0.05) is 6.61 Å². The summed E-state index contributed by atoms with van der Waals surface area (Å²) in [6.07, 6.45) is 3.31. The van der Waals surface area contributed by atoms with Gasteiger partial charge >= 0.3 is 0 Å². The third kappa shape index (κ3) is 2.93. The van der Waals surface area contributed by atoms with Crippen molar-refractivity contribution in [3.05, 3.63) is 35.4 Å². The van der Waals surface area contributed by atoms with Gasteiger partial charge in [-0.2, -0.15) is 0 Å². The Bertz CT molecular complexity index is 377. The third-order valence-electron chi connectivity index (χ3n) is 3.89. The van der Waals surface area contributed by atoms with Gasteiger partial charge in [-0.25, -0.2) is 0 Å². The molecule has 2 atom stereocenters. The summed E-state index contributed by atoms with van der Waals surface area (Å²) < 4.78 is 5.83. The highest BCUT2D eigenvalue weighted by atomic mass is 16.5. The molecule has 1 heterocycles. The Kier molecular flexibility index (Phi) is 4.08. The van der Waals surface area contributed by atoms with Crippen molar-refractivity contribution in [1.82, 2.24) is 0 Å². The van der Waals surface area contributed by atoms with E-state index in [0.29, 0.717) is 5.92 Å². The Morgan fingerprint density at radius 2 is 1.94 bits per heavy atom. The fourth-order valence-electron chi connectivity index (χ4n) is 2.73. The summed E-state index contributed by atoms with van der Waals surface area (Å²) in [4.78, 5) is 0. The van der Waals surface area contributed by atoms with Crippen LogP contribution in [0.4, 0.5) is 0 Å². The zero-order chi connectivity index (χ0) is 13.2. The standard InChI is InChI=1S/C16H25NO/c1-12(2)11-13-5-7-14(8-6-13)15(17)16(3)9-4-10-18-16/h5-8,12,15H,4,9-11,17H2,1-3H3. The van der Waals surface area contributed by atoms with E-state index in [1.54, 1.807) is 0 Å². The van der Waals surface area contributed by atoms with Crippen molar-refractivity contribution in [2.75, 3.05) is 6.61 Å². The average molecular weight is 247 g/mol. The molecule has 18 heavy (non-hydrogen) atoms. The molecule has 0 spiro atoms. The average Bonchev–Trinajstić information content (AvgIpc) is 2.77. The summed E-state index contributed by atoms with van der Waals surface area (Å²) in [6, 6.07) is 8.71. The topological polar surface area (TPSA) is 35.2 Å². The second-order valence-corrected chi connectivity index (χ2v) is 6.08. The number of ether oxygens (including phenoxy) is 1. The van der Waals surface area contributed by atoms with E-state index in [2.05, 4.69) is 45.0 Å². The molecule has 2 nitrogen and oxygen atoms in total. The minimum Gasteiger partial charge on any atom is -0.373 e. The molecule has 1 aromatic carbocycles. The van der Waals surface area contributed by atoms with Crippen molar-refractivity contribution >= 4 is 0 Å². The maximum Gasteiger partial charge on any atom is 0.0847 e. The van der Waals surface area contributed by atoms with Crippen molar-refractivity contribution in [1.29, 1.82) is 0 Å². The van der Waals surface area contributed by atoms with E-state index < -0.39 is 0 Å². The Labute approximate surface area is 111 Å². The second-order valence-electron chi connectivity index (χ2n) is 6.08. The van der Waals surface area contributed by atoms with Crippen molar-refractivity contribution in [2.45, 2.75) is 51.7 Å². The van der Waals surface area contributed by atoms with Gasteiger partial charge in [-0.1, -0.05) is 38.1 Å². The molecule has 1 aromatic rings. The minimum absolute atomic E-state index is 0.0203. The van der Waals surface area contributed by atoms with Gasteiger partial charge < -0.3 is 10.5 Å². The third-order valence-corrected chi connectivity index (χ3v) is 3.89. The van der Waals surface area contributed by atoms with Crippen LogP contribution in [0.15, 0.2) is 24.3 Å². The SMILES string of the molecule is CC(C)Cc1ccc(C(N)C2(C)CCCO2)cc1. The lowest BCUT2D eigenvalue weighted by Gasteiger charge is -2.30. The van der Waals surface area contributed by atoms with Crippen LogP contribution in [0.2, 0.25) is 0 Å². The molecule has 0 amide bonds. The molecule has 0 radical (unpaired) electrons. The lowest BCUT2D eigenvalue weighted by atomic mass is 9.88. The minimum atomic E-state index is -0.181. The van der Waals surface area contributed by atoms with Crippen LogP contribution in [0.1, 0.15) is 50.8 Å². The van der Waals surface area contributed by atoms with E-state index >= 15 is 0 Å². The predicted molar refractivity (Wildman–Crippen MR) is 75.5 cm³/mol. The van der Waals surface area contributed by atoms with Crippen LogP contribution < -0.4 is 5.73 Å². The molecule has 1 aliphatic rings. The Balaban J connectivity index is 2.09. The van der Waals surface area contributed by atoms with Gasteiger partial charge in [0.15, 0.2) is 0 Å². The van der Waals surface area contributed by atoms with E-state index in [1.165, 1.54) is 11.1 Å². The highest BCUT2D eigenvalue weighted by Gasteiger charge is 2.36. The summed E-state index contributed by atoms with van der Waals surface area (Å²) in [7, 11) is 0. The van der Waals surface area contributed by atoms with Gasteiger partial charge in [-0.15, -0.1) is 0 Å². The molecule has 0 saturated carbocycles. The van der Waals surface area contributed by atoms with Gasteiger partial charge in [0.1, 0.15) is 0 Å². The zero-order valence-corrected chi connectivity index (χ0v) is 11.8. The number of nitrogens with two attached hydrogens (primary N) is 1. The van der Waals surface area contributed by atoms with E-state index in [-0.39, 0.29) is 11.6 Å². The quantitative estimate of drug-likeness (QED) is 0.884. The van der Waals surface area contributed by atoms with E-state index in [4.69, 9.17) is 10.5 Å². The van der Waals surface area contributed by atoms with Crippen LogP contribution in [-0.2, 0) is 11.2 Å². The van der Waals surface area contributed by atoms with Gasteiger partial charge in [0.25, 0.3) is 0 Å². The summed E-state index contributed by atoms with van der Waals surface area (Å²) in [5, 5.41) is 0. The molecule has 2 unspecified atom stereocenters. The summed E-state index contributed by atoms with van der Waals surface area (Å²) in [6.45, 7) is 7.46. The first kappa shape index (κ1) is 13.6. The predicted octanol–water partition coefficient (Wildman–Crippen LogP) is 3.45. The molecule has 2 N–H and O–H groups in total. The maximum atomic E-state index is 6.36. The molecule has 2 rings (SSSR count). The van der Waals surface area contributed by atoms with Gasteiger partial charge in [0.2, 0.25) is 0 Å². The molecule has 1 fully saturated rings. The van der Waals surface area contributed by atoms with Gasteiger partial charge in [-0.05, 0) is 43.2 Å². The normalized spacial score (nSPS) is 25.6. The Morgan fingerprint density at radius 1 is 1.28 bits per heavy atom. The maximum absolute atomic E-state index is 6.36. The molecule has 2 heteroatoms. The van der Waals surface area contributed by atoms with Gasteiger partial charge in [-0.3, -0.25) is 0 Å². The molecule has 0 bridgehead atoms. The van der Waals surface area contributed by atoms with E-state index in [0.717, 1.165) is 25.9 Å². The fourth-order valence-corrected chi connectivity index (χ4v) is 2.73. The second kappa shape index (κ2) is 5.41. The molecule has 1 aliphatic heterocycles. The largest absolute Gasteiger partial charge is 0.373 e. The molecule has 1 saturated heterocycles. The monoisotopic (exact) mass is 247 g/mol. The Hall–Kier alpha value is -0.860. The van der Waals surface area contributed by atoms with Crippen LogP contribution in [0.5, 0.6) is 0 Å². The first-order valence-corrected chi connectivity index (χ1v) is 6.99. The Morgan fingerprint density at radius 3 is 2.44 bits per heavy atom. The lowest BCUT2D eigenvalue weighted by Crippen LogP contribution is -2.37. The first-order chi connectivity index (χ1) is 8.51. The van der Waals surface area contributed by atoms with Crippen LogP contribution in [0.3, 0.4) is 0 Å². The molecule has 0 aliphatic carbocycles. The van der Waals surface area contributed by atoms with E-state index in [1.807, 2.05) is 0 Å². The number of rotatable bonds is 4. The van der Waals surface area contributed by atoms with Crippen molar-refractivity contribution in [3.8, 4) is 0 Å². The van der Waals surface area contributed by atoms with Crippen molar-refractivity contribution in [2.24, 2.45) is 11.7 Å². The summed E-state index contributed by atoms with van der Waals surface area (Å²) in [5.41, 5.74) is 8.75. The molecular formula is C16H25NO. The molecule has 0 aromatic heterocycles.